The number of methoxy groups -OCH3 is 1. The third-order valence-electron chi connectivity index (χ3n) is 3.83. The molecule has 0 saturated heterocycles. The molecular weight excluding hydrogens is 338 g/mol. The predicted octanol–water partition coefficient (Wildman–Crippen LogP) is 2.90. The Labute approximate surface area is 149 Å². The molecule has 25 heavy (non-hydrogen) atoms. The third-order valence-corrected chi connectivity index (χ3v) is 4.69. The second-order valence-corrected chi connectivity index (χ2v) is 8.07. The van der Waals surface area contributed by atoms with Crippen molar-refractivity contribution >= 4 is 15.7 Å². The van der Waals surface area contributed by atoms with Gasteiger partial charge in [0.1, 0.15) is 5.75 Å². The highest BCUT2D eigenvalue weighted by Crippen LogP contribution is 2.15. The number of sulfone groups is 1. The van der Waals surface area contributed by atoms with E-state index in [1.807, 2.05) is 31.2 Å². The summed E-state index contributed by atoms with van der Waals surface area (Å²) in [5.41, 5.74) is 2.24. The number of carbonyl (C=O) groups is 1. The van der Waals surface area contributed by atoms with Crippen molar-refractivity contribution in [2.45, 2.75) is 19.2 Å². The summed E-state index contributed by atoms with van der Waals surface area (Å²) in [6.45, 7) is 3.01. The average molecular weight is 361 g/mol. The Morgan fingerprint density at radius 2 is 1.56 bits per heavy atom. The van der Waals surface area contributed by atoms with Gasteiger partial charge in [0, 0.05) is 24.9 Å². The van der Waals surface area contributed by atoms with E-state index in [1.54, 1.807) is 36.3 Å². The van der Waals surface area contributed by atoms with E-state index in [2.05, 4.69) is 0 Å². The van der Waals surface area contributed by atoms with E-state index in [0.717, 1.165) is 11.3 Å². The largest absolute Gasteiger partial charge is 0.497 e. The summed E-state index contributed by atoms with van der Waals surface area (Å²) in [4.78, 5) is 14.4. The van der Waals surface area contributed by atoms with Gasteiger partial charge in [-0.3, -0.25) is 4.79 Å². The molecule has 0 unspecified atom stereocenters. The molecule has 0 aliphatic heterocycles. The zero-order chi connectivity index (χ0) is 18.4. The molecule has 0 heterocycles. The fraction of sp³-hybridized carbons (Fsp3) is 0.316. The second kappa shape index (κ2) is 8.16. The summed E-state index contributed by atoms with van der Waals surface area (Å²) >= 11 is 0. The molecular formula is C19H23NO4S. The zero-order valence-corrected chi connectivity index (χ0v) is 15.5. The van der Waals surface area contributed by atoms with E-state index >= 15 is 0 Å². The van der Waals surface area contributed by atoms with Gasteiger partial charge in [0.2, 0.25) is 0 Å². The van der Waals surface area contributed by atoms with Crippen LogP contribution in [-0.2, 0) is 22.1 Å². The van der Waals surface area contributed by atoms with E-state index in [-0.39, 0.29) is 11.7 Å². The molecule has 0 radical (unpaired) electrons. The molecule has 6 heteroatoms. The Balaban J connectivity index is 2.10. The van der Waals surface area contributed by atoms with Gasteiger partial charge >= 0.3 is 0 Å². The summed E-state index contributed by atoms with van der Waals surface area (Å²) in [7, 11) is -1.47. The van der Waals surface area contributed by atoms with Crippen LogP contribution in [0.15, 0.2) is 48.5 Å². The first-order chi connectivity index (χ1) is 11.8. The molecule has 0 atom stereocenters. The highest BCUT2D eigenvalue weighted by molar-refractivity contribution is 7.89. The monoisotopic (exact) mass is 361 g/mol. The Bertz CT molecular complexity index is 812. The maximum absolute atomic E-state index is 12.7. The quantitative estimate of drug-likeness (QED) is 0.761. The van der Waals surface area contributed by atoms with Crippen LogP contribution in [0.5, 0.6) is 5.75 Å². The SMILES string of the molecule is CCN(Cc1ccc(OC)cc1)C(=O)c1ccc(CS(C)(=O)=O)cc1. The smallest absolute Gasteiger partial charge is 0.254 e. The summed E-state index contributed by atoms with van der Waals surface area (Å²) in [6, 6.07) is 14.3. The minimum atomic E-state index is -3.08. The van der Waals surface area contributed by atoms with Gasteiger partial charge in [-0.25, -0.2) is 8.42 Å². The van der Waals surface area contributed by atoms with Crippen LogP contribution in [-0.4, -0.2) is 39.1 Å². The number of carbonyl (C=O) groups excluding carboxylic acids is 1. The molecule has 0 aliphatic carbocycles. The number of benzene rings is 2. The molecule has 0 spiro atoms. The van der Waals surface area contributed by atoms with Crippen molar-refractivity contribution < 1.29 is 17.9 Å². The Morgan fingerprint density at radius 1 is 1.00 bits per heavy atom. The molecule has 2 aromatic carbocycles. The topological polar surface area (TPSA) is 63.7 Å². The molecule has 0 saturated carbocycles. The molecule has 0 fully saturated rings. The van der Waals surface area contributed by atoms with Crippen LogP contribution >= 0.6 is 0 Å². The van der Waals surface area contributed by atoms with Gasteiger partial charge in [0.25, 0.3) is 5.91 Å². The normalized spacial score (nSPS) is 11.2. The fourth-order valence-electron chi connectivity index (χ4n) is 2.51. The van der Waals surface area contributed by atoms with Crippen LogP contribution in [0.2, 0.25) is 0 Å². The molecule has 5 nitrogen and oxygen atoms in total. The lowest BCUT2D eigenvalue weighted by molar-refractivity contribution is 0.0752. The average Bonchev–Trinajstić information content (AvgIpc) is 2.59. The molecule has 134 valence electrons. The van der Waals surface area contributed by atoms with Crippen molar-refractivity contribution in [3.05, 3.63) is 65.2 Å². The predicted molar refractivity (Wildman–Crippen MR) is 98.4 cm³/mol. The molecule has 0 bridgehead atoms. The number of amides is 1. The van der Waals surface area contributed by atoms with E-state index < -0.39 is 9.84 Å². The van der Waals surface area contributed by atoms with E-state index in [1.165, 1.54) is 6.26 Å². The van der Waals surface area contributed by atoms with Crippen LogP contribution < -0.4 is 4.74 Å². The summed E-state index contributed by atoms with van der Waals surface area (Å²) in [5.74, 6) is 0.675. The molecule has 0 aromatic heterocycles. The number of nitrogens with zero attached hydrogens (tertiary/aromatic N) is 1. The Morgan fingerprint density at radius 3 is 2.04 bits per heavy atom. The van der Waals surface area contributed by atoms with Crippen LogP contribution in [0.25, 0.3) is 0 Å². The van der Waals surface area contributed by atoms with Crippen molar-refractivity contribution in [1.29, 1.82) is 0 Å². The third kappa shape index (κ3) is 5.60. The van der Waals surface area contributed by atoms with Gasteiger partial charge < -0.3 is 9.64 Å². The molecule has 2 aromatic rings. The van der Waals surface area contributed by atoms with E-state index in [4.69, 9.17) is 4.74 Å². The number of hydrogen-bond donors (Lipinski definition) is 0. The first-order valence-corrected chi connectivity index (χ1v) is 10.1. The standard InChI is InChI=1S/C19H23NO4S/c1-4-20(13-15-7-11-18(24-2)12-8-15)19(21)17-9-5-16(6-10-17)14-25(3,22)23/h5-12H,4,13-14H2,1-3H3. The van der Waals surface area contributed by atoms with Crippen molar-refractivity contribution in [3.8, 4) is 5.75 Å². The molecule has 2 rings (SSSR count). The summed E-state index contributed by atoms with van der Waals surface area (Å²) < 4.78 is 27.8. The minimum Gasteiger partial charge on any atom is -0.497 e. The highest BCUT2D eigenvalue weighted by atomic mass is 32.2. The van der Waals surface area contributed by atoms with Crippen LogP contribution in [0.4, 0.5) is 0 Å². The lowest BCUT2D eigenvalue weighted by Crippen LogP contribution is -2.30. The summed E-state index contributed by atoms with van der Waals surface area (Å²) in [5, 5.41) is 0. The van der Waals surface area contributed by atoms with Gasteiger partial charge in [-0.2, -0.15) is 0 Å². The van der Waals surface area contributed by atoms with Crippen molar-refractivity contribution in [2.75, 3.05) is 19.9 Å². The van der Waals surface area contributed by atoms with Gasteiger partial charge in [-0.05, 0) is 42.3 Å². The first kappa shape index (κ1) is 19.0. The van der Waals surface area contributed by atoms with Crippen molar-refractivity contribution in [2.24, 2.45) is 0 Å². The fourth-order valence-corrected chi connectivity index (χ4v) is 3.31. The lowest BCUT2D eigenvalue weighted by Gasteiger charge is -2.21. The van der Waals surface area contributed by atoms with E-state index in [0.29, 0.717) is 24.2 Å². The van der Waals surface area contributed by atoms with Crippen molar-refractivity contribution in [1.82, 2.24) is 4.90 Å². The van der Waals surface area contributed by atoms with Gasteiger partial charge in [0.05, 0.1) is 12.9 Å². The minimum absolute atomic E-state index is 0.0230. The Hall–Kier alpha value is -2.34. The number of hydrogen-bond acceptors (Lipinski definition) is 4. The second-order valence-electron chi connectivity index (χ2n) is 5.93. The number of ether oxygens (including phenoxy) is 1. The maximum Gasteiger partial charge on any atom is 0.254 e. The van der Waals surface area contributed by atoms with Gasteiger partial charge in [0.15, 0.2) is 9.84 Å². The highest BCUT2D eigenvalue weighted by Gasteiger charge is 2.15. The molecule has 0 N–H and O–H groups in total. The van der Waals surface area contributed by atoms with Crippen LogP contribution in [0.1, 0.15) is 28.4 Å². The van der Waals surface area contributed by atoms with Gasteiger partial charge in [-0.1, -0.05) is 24.3 Å². The maximum atomic E-state index is 12.7. The van der Waals surface area contributed by atoms with Gasteiger partial charge in [-0.15, -0.1) is 0 Å². The first-order valence-electron chi connectivity index (χ1n) is 8.01. The molecule has 0 aliphatic rings. The van der Waals surface area contributed by atoms with Crippen molar-refractivity contribution in [3.63, 3.8) is 0 Å². The van der Waals surface area contributed by atoms with E-state index in [9.17, 15) is 13.2 Å². The lowest BCUT2D eigenvalue weighted by atomic mass is 10.1. The Kier molecular flexibility index (Phi) is 6.20. The van der Waals surface area contributed by atoms with Crippen LogP contribution in [0.3, 0.4) is 0 Å². The molecule has 1 amide bonds. The zero-order valence-electron chi connectivity index (χ0n) is 14.7. The van der Waals surface area contributed by atoms with Crippen LogP contribution in [0, 0.1) is 0 Å². The summed E-state index contributed by atoms with van der Waals surface area (Å²) in [6.07, 6.45) is 1.19. The number of rotatable bonds is 7.